The summed E-state index contributed by atoms with van der Waals surface area (Å²) in [5.74, 6) is 2.18. The summed E-state index contributed by atoms with van der Waals surface area (Å²) in [6, 6.07) is 23.5. The molecule has 0 unspecified atom stereocenters. The number of fused-ring (bicyclic) bond motifs is 1. The second kappa shape index (κ2) is 9.46. The number of aromatic nitrogens is 3. The van der Waals surface area contributed by atoms with Crippen molar-refractivity contribution in [2.45, 2.75) is 19.4 Å². The highest BCUT2D eigenvalue weighted by Gasteiger charge is 2.21. The van der Waals surface area contributed by atoms with Crippen molar-refractivity contribution in [2.75, 3.05) is 23.3 Å². The number of halogens is 1. The summed E-state index contributed by atoms with van der Waals surface area (Å²) < 4.78 is 1.82. The number of pyridine rings is 1. The van der Waals surface area contributed by atoms with Crippen molar-refractivity contribution in [1.82, 2.24) is 14.5 Å². The second-order valence-corrected chi connectivity index (χ2v) is 8.38. The fourth-order valence-electron chi connectivity index (χ4n) is 4.16. The predicted molar refractivity (Wildman–Crippen MR) is 133 cm³/mol. The zero-order valence-electron chi connectivity index (χ0n) is 18.1. The molecule has 6 nitrogen and oxygen atoms in total. The summed E-state index contributed by atoms with van der Waals surface area (Å²) in [7, 11) is 0. The molecule has 1 aliphatic heterocycles. The van der Waals surface area contributed by atoms with Crippen LogP contribution in [0.15, 0.2) is 83.8 Å². The summed E-state index contributed by atoms with van der Waals surface area (Å²) in [6.45, 7) is 2.16. The highest BCUT2D eigenvalue weighted by molar-refractivity contribution is 6.31. The monoisotopic (exact) mass is 457 g/mol. The van der Waals surface area contributed by atoms with E-state index in [-0.39, 0.29) is 5.56 Å². The van der Waals surface area contributed by atoms with Crippen LogP contribution in [0.5, 0.6) is 0 Å². The minimum absolute atomic E-state index is 0.00296. The van der Waals surface area contributed by atoms with Gasteiger partial charge in [0.2, 0.25) is 5.95 Å². The molecule has 5 rings (SSSR count). The lowest BCUT2D eigenvalue weighted by Crippen LogP contribution is -2.35. The van der Waals surface area contributed by atoms with E-state index >= 15 is 0 Å². The SMILES string of the molecule is O=c1cc(-c2ccccc2)cc2n1CCCN2c1ccnc(NCCc2ccccc2Cl)n1. The molecule has 0 bridgehead atoms. The van der Waals surface area contributed by atoms with Gasteiger partial charge in [0.05, 0.1) is 0 Å². The maximum Gasteiger partial charge on any atom is 0.252 e. The van der Waals surface area contributed by atoms with Crippen molar-refractivity contribution in [1.29, 1.82) is 0 Å². The smallest absolute Gasteiger partial charge is 0.252 e. The zero-order valence-corrected chi connectivity index (χ0v) is 18.9. The van der Waals surface area contributed by atoms with E-state index in [0.717, 1.165) is 52.7 Å². The maximum atomic E-state index is 12.9. The van der Waals surface area contributed by atoms with Crippen LogP contribution in [-0.2, 0) is 13.0 Å². The van der Waals surface area contributed by atoms with Crippen LogP contribution in [0.25, 0.3) is 11.1 Å². The molecule has 3 heterocycles. The average molecular weight is 458 g/mol. The van der Waals surface area contributed by atoms with Gasteiger partial charge in [0.25, 0.3) is 5.56 Å². The van der Waals surface area contributed by atoms with Gasteiger partial charge in [-0.1, -0.05) is 60.1 Å². The lowest BCUT2D eigenvalue weighted by atomic mass is 10.1. The van der Waals surface area contributed by atoms with Gasteiger partial charge in [-0.3, -0.25) is 9.36 Å². The number of hydrogen-bond acceptors (Lipinski definition) is 5. The van der Waals surface area contributed by atoms with Crippen LogP contribution < -0.4 is 15.8 Å². The highest BCUT2D eigenvalue weighted by Crippen LogP contribution is 2.30. The molecular weight excluding hydrogens is 434 g/mol. The van der Waals surface area contributed by atoms with Crippen LogP contribution in [0.2, 0.25) is 5.02 Å². The first kappa shape index (κ1) is 21.2. The first-order valence-electron chi connectivity index (χ1n) is 11.1. The van der Waals surface area contributed by atoms with E-state index in [9.17, 15) is 4.79 Å². The van der Waals surface area contributed by atoms with Crippen LogP contribution in [-0.4, -0.2) is 27.6 Å². The van der Waals surface area contributed by atoms with Crippen molar-refractivity contribution in [3.63, 3.8) is 0 Å². The Labute approximate surface area is 197 Å². The molecule has 0 saturated heterocycles. The summed E-state index contributed by atoms with van der Waals surface area (Å²) in [6.07, 6.45) is 3.39. The standard InChI is InChI=1S/C26H24ClN5O/c27-22-10-5-4-9-20(22)11-13-28-26-29-14-12-23(30-26)31-15-6-16-32-24(31)17-21(18-25(32)33)19-7-2-1-3-8-19/h1-5,7-10,12,14,17-18H,6,11,13,15-16H2,(H,28,29,30). The van der Waals surface area contributed by atoms with Crippen molar-refractivity contribution < 1.29 is 0 Å². The lowest BCUT2D eigenvalue weighted by molar-refractivity contribution is 0.574. The van der Waals surface area contributed by atoms with Gasteiger partial charge in [-0.05, 0) is 47.7 Å². The number of rotatable bonds is 6. The molecule has 0 atom stereocenters. The van der Waals surface area contributed by atoms with Gasteiger partial charge in [-0.25, -0.2) is 4.98 Å². The molecule has 0 saturated carbocycles. The molecule has 0 amide bonds. The lowest BCUT2D eigenvalue weighted by Gasteiger charge is -2.31. The van der Waals surface area contributed by atoms with Gasteiger partial charge in [0, 0.05) is 36.9 Å². The topological polar surface area (TPSA) is 63.1 Å². The first-order chi connectivity index (χ1) is 16.2. The molecule has 4 aromatic rings. The second-order valence-electron chi connectivity index (χ2n) is 7.97. The van der Waals surface area contributed by atoms with Gasteiger partial charge < -0.3 is 10.2 Å². The number of nitrogens with zero attached hydrogens (tertiary/aromatic N) is 4. The van der Waals surface area contributed by atoms with Gasteiger partial charge in [-0.2, -0.15) is 4.98 Å². The van der Waals surface area contributed by atoms with Crippen molar-refractivity contribution in [3.05, 3.63) is 99.9 Å². The van der Waals surface area contributed by atoms with Gasteiger partial charge >= 0.3 is 0 Å². The number of anilines is 3. The number of benzene rings is 2. The molecule has 2 aromatic heterocycles. The molecule has 0 radical (unpaired) electrons. The molecule has 166 valence electrons. The molecule has 33 heavy (non-hydrogen) atoms. The van der Waals surface area contributed by atoms with Gasteiger partial charge in [0.1, 0.15) is 11.6 Å². The zero-order chi connectivity index (χ0) is 22.6. The first-order valence-corrected chi connectivity index (χ1v) is 11.4. The van der Waals surface area contributed by atoms with E-state index in [1.165, 1.54) is 0 Å². The van der Waals surface area contributed by atoms with Gasteiger partial charge in [0.15, 0.2) is 0 Å². The quantitative estimate of drug-likeness (QED) is 0.433. The van der Waals surface area contributed by atoms with Crippen molar-refractivity contribution >= 4 is 29.2 Å². The highest BCUT2D eigenvalue weighted by atomic mass is 35.5. The molecular formula is C26H24ClN5O. The maximum absolute atomic E-state index is 12.9. The normalized spacial score (nSPS) is 12.9. The Balaban J connectivity index is 1.40. The van der Waals surface area contributed by atoms with E-state index in [1.807, 2.05) is 65.2 Å². The fraction of sp³-hybridized carbons (Fsp3) is 0.192. The third-order valence-corrected chi connectivity index (χ3v) is 6.17. The largest absolute Gasteiger partial charge is 0.354 e. The molecule has 1 N–H and O–H groups in total. The van der Waals surface area contributed by atoms with Crippen molar-refractivity contribution in [3.8, 4) is 11.1 Å². The predicted octanol–water partition coefficient (Wildman–Crippen LogP) is 5.16. The molecule has 1 aliphatic rings. The Hall–Kier alpha value is -3.64. The summed E-state index contributed by atoms with van der Waals surface area (Å²) in [5, 5.41) is 4.06. The van der Waals surface area contributed by atoms with E-state index in [4.69, 9.17) is 16.6 Å². The molecule has 7 heteroatoms. The minimum atomic E-state index is 0.00296. The summed E-state index contributed by atoms with van der Waals surface area (Å²) in [5.41, 5.74) is 3.02. The number of nitrogens with one attached hydrogen (secondary N) is 1. The average Bonchev–Trinajstić information content (AvgIpc) is 2.86. The molecule has 0 spiro atoms. The van der Waals surface area contributed by atoms with E-state index in [0.29, 0.717) is 19.0 Å². The van der Waals surface area contributed by atoms with Crippen LogP contribution in [0.3, 0.4) is 0 Å². The third kappa shape index (κ3) is 4.61. The van der Waals surface area contributed by atoms with Crippen LogP contribution in [0, 0.1) is 0 Å². The fourth-order valence-corrected chi connectivity index (χ4v) is 4.39. The summed E-state index contributed by atoms with van der Waals surface area (Å²) in [4.78, 5) is 24.1. The van der Waals surface area contributed by atoms with Crippen LogP contribution in [0.4, 0.5) is 17.6 Å². The molecule has 0 fully saturated rings. The van der Waals surface area contributed by atoms with E-state index in [1.54, 1.807) is 12.3 Å². The minimum Gasteiger partial charge on any atom is -0.354 e. The van der Waals surface area contributed by atoms with Crippen LogP contribution >= 0.6 is 11.6 Å². The van der Waals surface area contributed by atoms with E-state index in [2.05, 4.69) is 21.3 Å². The Kier molecular flexibility index (Phi) is 6.09. The Morgan fingerprint density at radius 1 is 0.939 bits per heavy atom. The third-order valence-electron chi connectivity index (χ3n) is 5.81. The van der Waals surface area contributed by atoms with Gasteiger partial charge in [-0.15, -0.1) is 0 Å². The number of hydrogen-bond donors (Lipinski definition) is 1. The molecule has 0 aliphatic carbocycles. The van der Waals surface area contributed by atoms with Crippen LogP contribution in [0.1, 0.15) is 12.0 Å². The van der Waals surface area contributed by atoms with Crippen molar-refractivity contribution in [2.24, 2.45) is 0 Å². The molecule has 2 aromatic carbocycles. The Bertz CT molecular complexity index is 1320. The van der Waals surface area contributed by atoms with E-state index < -0.39 is 0 Å². The Morgan fingerprint density at radius 3 is 2.61 bits per heavy atom. The summed E-state index contributed by atoms with van der Waals surface area (Å²) >= 11 is 6.26. The Morgan fingerprint density at radius 2 is 1.76 bits per heavy atom.